The van der Waals surface area contributed by atoms with Gasteiger partial charge in [-0.1, -0.05) is 0 Å². The summed E-state index contributed by atoms with van der Waals surface area (Å²) in [6, 6.07) is 7.95. The van der Waals surface area contributed by atoms with Gasteiger partial charge in [0.05, 0.1) is 18.2 Å². The van der Waals surface area contributed by atoms with Gasteiger partial charge < -0.3 is 24.8 Å². The SMILES string of the molecule is O=C(O)C1CN(c2cc(Nc3cc(Oc4cn(C5CC5)nc4C4CCOCC4)ccn3)ccn2)C1. The summed E-state index contributed by atoms with van der Waals surface area (Å²) in [6.45, 7) is 2.45. The van der Waals surface area contributed by atoms with Crippen molar-refractivity contribution in [3.63, 3.8) is 0 Å². The van der Waals surface area contributed by atoms with E-state index in [0.717, 1.165) is 49.0 Å². The number of carbonyl (C=O) groups is 1. The number of rotatable bonds is 8. The number of aliphatic carboxylic acids is 1. The largest absolute Gasteiger partial charge is 0.481 e. The molecule has 2 aliphatic heterocycles. The molecule has 10 heteroatoms. The third-order valence-corrected chi connectivity index (χ3v) is 6.79. The Morgan fingerprint density at radius 1 is 1.09 bits per heavy atom. The summed E-state index contributed by atoms with van der Waals surface area (Å²) in [5, 5.41) is 17.3. The van der Waals surface area contributed by atoms with Crippen molar-refractivity contribution in [1.29, 1.82) is 0 Å². The normalized spacial score (nSPS) is 18.8. The number of nitrogens with zero attached hydrogens (tertiary/aromatic N) is 5. The molecule has 0 spiro atoms. The van der Waals surface area contributed by atoms with Gasteiger partial charge in [-0.05, 0) is 37.8 Å². The third kappa shape index (κ3) is 4.79. The van der Waals surface area contributed by atoms with E-state index in [2.05, 4.69) is 20.0 Å². The van der Waals surface area contributed by atoms with Crippen molar-refractivity contribution >= 4 is 23.3 Å². The summed E-state index contributed by atoms with van der Waals surface area (Å²) in [5.74, 6) is 2.13. The lowest BCUT2D eigenvalue weighted by Gasteiger charge is -2.37. The molecule has 1 aliphatic carbocycles. The molecule has 0 atom stereocenters. The van der Waals surface area contributed by atoms with Crippen molar-refractivity contribution in [2.24, 2.45) is 5.92 Å². The molecule has 0 bridgehead atoms. The van der Waals surface area contributed by atoms with Gasteiger partial charge in [0, 0.05) is 62.4 Å². The number of nitrogens with one attached hydrogen (secondary N) is 1. The predicted octanol–water partition coefficient (Wildman–Crippen LogP) is 3.96. The number of ether oxygens (including phenoxy) is 2. The Balaban J connectivity index is 1.17. The van der Waals surface area contributed by atoms with Crippen LogP contribution in [-0.2, 0) is 9.53 Å². The van der Waals surface area contributed by atoms with Crippen LogP contribution >= 0.6 is 0 Å². The van der Waals surface area contributed by atoms with Crippen molar-refractivity contribution in [3.05, 3.63) is 48.5 Å². The van der Waals surface area contributed by atoms with Crippen LogP contribution in [0.15, 0.2) is 42.9 Å². The smallest absolute Gasteiger partial charge is 0.310 e. The molecule has 0 radical (unpaired) electrons. The lowest BCUT2D eigenvalue weighted by Crippen LogP contribution is -2.50. The van der Waals surface area contributed by atoms with Gasteiger partial charge in [-0.2, -0.15) is 5.10 Å². The summed E-state index contributed by atoms with van der Waals surface area (Å²) >= 11 is 0. The molecule has 0 aromatic carbocycles. The number of carboxylic acids is 1. The highest BCUT2D eigenvalue weighted by atomic mass is 16.5. The molecule has 6 rings (SSSR count). The maximum absolute atomic E-state index is 11.1. The first-order valence-electron chi connectivity index (χ1n) is 12.1. The standard InChI is InChI=1S/C25H28N6O4/c32-25(33)17-13-30(14-17)23-11-18(3-7-27-23)28-22-12-20(4-8-26-22)35-21-15-31(19-1-2-19)29-24(21)16-5-9-34-10-6-16/h3-4,7-8,11-12,15-17,19H,1-2,5-6,9-10,13-14H2,(H,32,33)(H,26,27,28). The molecule has 0 amide bonds. The number of hydrogen-bond donors (Lipinski definition) is 2. The van der Waals surface area contributed by atoms with Crippen LogP contribution in [-0.4, -0.2) is 57.1 Å². The topological polar surface area (TPSA) is 115 Å². The summed E-state index contributed by atoms with van der Waals surface area (Å²) in [5.41, 5.74) is 1.84. The van der Waals surface area contributed by atoms with Crippen molar-refractivity contribution in [2.75, 3.05) is 36.5 Å². The van der Waals surface area contributed by atoms with Crippen molar-refractivity contribution in [3.8, 4) is 11.5 Å². The Hall–Kier alpha value is -3.66. The second-order valence-corrected chi connectivity index (χ2v) is 9.42. The minimum absolute atomic E-state index is 0.334. The second kappa shape index (κ2) is 9.18. The van der Waals surface area contributed by atoms with Crippen molar-refractivity contribution in [2.45, 2.75) is 37.6 Å². The molecule has 3 aromatic rings. The van der Waals surface area contributed by atoms with Gasteiger partial charge in [-0.3, -0.25) is 9.48 Å². The Morgan fingerprint density at radius 3 is 2.66 bits per heavy atom. The van der Waals surface area contributed by atoms with E-state index in [1.165, 1.54) is 12.8 Å². The fourth-order valence-electron chi connectivity index (χ4n) is 4.56. The van der Waals surface area contributed by atoms with E-state index in [1.807, 2.05) is 35.4 Å². The van der Waals surface area contributed by atoms with Crippen LogP contribution in [0.4, 0.5) is 17.3 Å². The monoisotopic (exact) mass is 476 g/mol. The lowest BCUT2D eigenvalue weighted by atomic mass is 9.96. The molecule has 1 saturated carbocycles. The molecule has 10 nitrogen and oxygen atoms in total. The first kappa shape index (κ1) is 21.8. The maximum atomic E-state index is 11.1. The zero-order chi connectivity index (χ0) is 23.8. The first-order chi connectivity index (χ1) is 17.1. The maximum Gasteiger partial charge on any atom is 0.310 e. The highest BCUT2D eigenvalue weighted by Gasteiger charge is 2.33. The number of carboxylic acid groups (broad SMARTS) is 1. The summed E-state index contributed by atoms with van der Waals surface area (Å²) in [6.07, 6.45) is 9.69. The van der Waals surface area contributed by atoms with E-state index < -0.39 is 5.97 Å². The summed E-state index contributed by atoms with van der Waals surface area (Å²) in [7, 11) is 0. The quantitative estimate of drug-likeness (QED) is 0.498. The second-order valence-electron chi connectivity index (χ2n) is 9.42. The van der Waals surface area contributed by atoms with Crippen molar-refractivity contribution in [1.82, 2.24) is 19.7 Å². The van der Waals surface area contributed by atoms with E-state index in [9.17, 15) is 4.79 Å². The molecule has 5 heterocycles. The Morgan fingerprint density at radius 2 is 1.89 bits per heavy atom. The molecule has 35 heavy (non-hydrogen) atoms. The fourth-order valence-corrected chi connectivity index (χ4v) is 4.56. The lowest BCUT2D eigenvalue weighted by molar-refractivity contribution is -0.142. The van der Waals surface area contributed by atoms with E-state index in [1.54, 1.807) is 12.4 Å². The van der Waals surface area contributed by atoms with Gasteiger partial charge in [-0.25, -0.2) is 9.97 Å². The van der Waals surface area contributed by atoms with Gasteiger partial charge in [-0.15, -0.1) is 0 Å². The molecule has 0 unspecified atom stereocenters. The van der Waals surface area contributed by atoms with E-state index in [4.69, 9.17) is 19.7 Å². The highest BCUT2D eigenvalue weighted by Crippen LogP contribution is 2.40. The zero-order valence-corrected chi connectivity index (χ0v) is 19.3. The molecule has 2 saturated heterocycles. The third-order valence-electron chi connectivity index (χ3n) is 6.79. The number of pyridine rings is 2. The molecule has 3 aromatic heterocycles. The van der Waals surface area contributed by atoms with Gasteiger partial charge in [0.1, 0.15) is 23.1 Å². The van der Waals surface area contributed by atoms with Crippen LogP contribution in [0.1, 0.15) is 43.3 Å². The fraction of sp³-hybridized carbons (Fsp3) is 0.440. The van der Waals surface area contributed by atoms with Crippen LogP contribution in [0.25, 0.3) is 0 Å². The highest BCUT2D eigenvalue weighted by molar-refractivity contribution is 5.74. The van der Waals surface area contributed by atoms with Gasteiger partial charge >= 0.3 is 5.97 Å². The molecule has 2 N–H and O–H groups in total. The average Bonchev–Trinajstić information content (AvgIpc) is 3.59. The van der Waals surface area contributed by atoms with Gasteiger partial charge in [0.15, 0.2) is 5.75 Å². The minimum atomic E-state index is -0.765. The molecular formula is C25H28N6O4. The number of anilines is 3. The van der Waals surface area contributed by atoms with E-state index in [0.29, 0.717) is 36.6 Å². The van der Waals surface area contributed by atoms with E-state index >= 15 is 0 Å². The Kier molecular flexibility index (Phi) is 5.73. The van der Waals surface area contributed by atoms with Gasteiger partial charge in [0.25, 0.3) is 0 Å². The van der Waals surface area contributed by atoms with Crippen LogP contribution in [0.3, 0.4) is 0 Å². The minimum Gasteiger partial charge on any atom is -0.481 e. The first-order valence-corrected chi connectivity index (χ1v) is 12.1. The molecule has 3 aliphatic rings. The zero-order valence-electron chi connectivity index (χ0n) is 19.3. The van der Waals surface area contributed by atoms with Crippen LogP contribution in [0.2, 0.25) is 0 Å². The molecular weight excluding hydrogens is 448 g/mol. The number of aromatic nitrogens is 4. The summed E-state index contributed by atoms with van der Waals surface area (Å²) in [4.78, 5) is 21.8. The van der Waals surface area contributed by atoms with Crippen LogP contribution in [0.5, 0.6) is 11.5 Å². The number of hydrogen-bond acceptors (Lipinski definition) is 8. The van der Waals surface area contributed by atoms with Crippen LogP contribution in [0, 0.1) is 5.92 Å². The van der Waals surface area contributed by atoms with Gasteiger partial charge in [0.2, 0.25) is 0 Å². The van der Waals surface area contributed by atoms with E-state index in [-0.39, 0.29) is 5.92 Å². The van der Waals surface area contributed by atoms with Crippen molar-refractivity contribution < 1.29 is 19.4 Å². The average molecular weight is 477 g/mol. The molecule has 182 valence electrons. The van der Waals surface area contributed by atoms with Crippen LogP contribution < -0.4 is 15.0 Å². The Labute approximate surface area is 202 Å². The predicted molar refractivity (Wildman–Crippen MR) is 128 cm³/mol. The Bertz CT molecular complexity index is 1210. The summed E-state index contributed by atoms with van der Waals surface area (Å²) < 4.78 is 13.9. The molecule has 3 fully saturated rings.